The summed E-state index contributed by atoms with van der Waals surface area (Å²) >= 11 is 0. The zero-order chi connectivity index (χ0) is 22.0. The molecule has 5 atom stereocenters. The minimum absolute atomic E-state index is 0.0244. The van der Waals surface area contributed by atoms with Crippen molar-refractivity contribution in [3.8, 4) is 0 Å². The molecule has 0 radical (unpaired) electrons. The molecule has 0 aliphatic carbocycles. The Morgan fingerprint density at radius 3 is 2.17 bits per heavy atom. The predicted molar refractivity (Wildman–Crippen MR) is 94.0 cm³/mol. The van der Waals surface area contributed by atoms with Crippen molar-refractivity contribution in [2.75, 3.05) is 19.8 Å². The van der Waals surface area contributed by atoms with Crippen molar-refractivity contribution in [3.63, 3.8) is 0 Å². The molecule has 1 rings (SSSR count). The quantitative estimate of drug-likeness (QED) is 0.135. The summed E-state index contributed by atoms with van der Waals surface area (Å²) in [7, 11) is 0. The molecule has 13 nitrogen and oxygen atoms in total. The van der Waals surface area contributed by atoms with Crippen LogP contribution in [0.1, 0.15) is 27.7 Å². The van der Waals surface area contributed by atoms with Crippen LogP contribution < -0.4 is 5.32 Å². The monoisotopic (exact) mass is 416 g/mol. The van der Waals surface area contributed by atoms with Gasteiger partial charge >= 0.3 is 17.9 Å². The van der Waals surface area contributed by atoms with Crippen LogP contribution in [0.2, 0.25) is 0 Å². The smallest absolute Gasteiger partial charge is 0.303 e. The zero-order valence-corrected chi connectivity index (χ0v) is 16.5. The van der Waals surface area contributed by atoms with Crippen molar-refractivity contribution in [1.29, 1.82) is 0 Å². The Labute approximate surface area is 166 Å². The maximum atomic E-state index is 11.7. The van der Waals surface area contributed by atoms with Gasteiger partial charge in [-0.1, -0.05) is 5.11 Å². The Morgan fingerprint density at radius 1 is 1.03 bits per heavy atom. The third kappa shape index (κ3) is 8.34. The van der Waals surface area contributed by atoms with Crippen LogP contribution in [0.3, 0.4) is 0 Å². The molecular weight excluding hydrogens is 392 g/mol. The van der Waals surface area contributed by atoms with Gasteiger partial charge in [-0.05, 0) is 5.53 Å². The average Bonchev–Trinajstić information content (AvgIpc) is 2.60. The van der Waals surface area contributed by atoms with Crippen molar-refractivity contribution in [1.82, 2.24) is 5.32 Å². The molecule has 0 aromatic carbocycles. The molecule has 0 aromatic rings. The van der Waals surface area contributed by atoms with Crippen molar-refractivity contribution in [2.24, 2.45) is 5.11 Å². The van der Waals surface area contributed by atoms with Gasteiger partial charge in [0.2, 0.25) is 5.91 Å². The number of carbonyl (C=O) groups excluding carboxylic acids is 4. The molecule has 29 heavy (non-hydrogen) atoms. The lowest BCUT2D eigenvalue weighted by Gasteiger charge is -2.44. The molecule has 0 bridgehead atoms. The highest BCUT2D eigenvalue weighted by Crippen LogP contribution is 2.28. The van der Waals surface area contributed by atoms with Crippen LogP contribution in [0.5, 0.6) is 0 Å². The fraction of sp³-hybridized carbons (Fsp3) is 0.750. The van der Waals surface area contributed by atoms with E-state index in [-0.39, 0.29) is 19.8 Å². The van der Waals surface area contributed by atoms with E-state index >= 15 is 0 Å². The Bertz CT molecular complexity index is 665. The summed E-state index contributed by atoms with van der Waals surface area (Å²) in [6.07, 6.45) is -4.62. The van der Waals surface area contributed by atoms with Crippen LogP contribution >= 0.6 is 0 Å². The molecular formula is C16H24N4O9. The van der Waals surface area contributed by atoms with E-state index in [1.807, 2.05) is 0 Å². The highest BCUT2D eigenvalue weighted by molar-refractivity contribution is 5.73. The highest BCUT2D eigenvalue weighted by Gasteiger charge is 2.51. The SMILES string of the molecule is CC(=O)N[C@H]1[C@@H](OCCN=[N+]=[N-])O[C@H](COC(C)=O)[C@@H](OC(C)=O)[C@@H]1OC(C)=O. The topological polar surface area (TPSA) is 175 Å². The zero-order valence-electron chi connectivity index (χ0n) is 16.5. The molecule has 1 aliphatic heterocycles. The Hall–Kier alpha value is -2.89. The third-order valence-corrected chi connectivity index (χ3v) is 3.61. The summed E-state index contributed by atoms with van der Waals surface area (Å²) < 4.78 is 26.8. The third-order valence-electron chi connectivity index (χ3n) is 3.61. The van der Waals surface area contributed by atoms with E-state index in [0.29, 0.717) is 0 Å². The fourth-order valence-corrected chi connectivity index (χ4v) is 2.69. The molecule has 1 heterocycles. The molecule has 1 aliphatic rings. The van der Waals surface area contributed by atoms with Crippen LogP contribution in [0, 0.1) is 0 Å². The van der Waals surface area contributed by atoms with Crippen molar-refractivity contribution in [3.05, 3.63) is 10.4 Å². The Morgan fingerprint density at radius 2 is 1.66 bits per heavy atom. The largest absolute Gasteiger partial charge is 0.463 e. The average molecular weight is 416 g/mol. The number of esters is 3. The number of rotatable bonds is 9. The van der Waals surface area contributed by atoms with Crippen molar-refractivity contribution >= 4 is 23.8 Å². The van der Waals surface area contributed by atoms with E-state index in [1.165, 1.54) is 13.8 Å². The second-order valence-corrected chi connectivity index (χ2v) is 6.05. The van der Waals surface area contributed by atoms with E-state index in [0.717, 1.165) is 13.8 Å². The summed E-state index contributed by atoms with van der Waals surface area (Å²) in [5, 5.41) is 5.88. The van der Waals surface area contributed by atoms with Gasteiger partial charge in [-0.3, -0.25) is 19.2 Å². The first-order valence-electron chi connectivity index (χ1n) is 8.68. The lowest BCUT2D eigenvalue weighted by molar-refractivity contribution is -0.277. The van der Waals surface area contributed by atoms with Gasteiger partial charge in [0, 0.05) is 39.2 Å². The van der Waals surface area contributed by atoms with Gasteiger partial charge in [-0.15, -0.1) is 0 Å². The van der Waals surface area contributed by atoms with Gasteiger partial charge in [0.15, 0.2) is 18.5 Å². The minimum Gasteiger partial charge on any atom is -0.463 e. The standard InChI is InChI=1S/C16H24N4O9/c1-8(21)19-13-15(28-11(4)24)14(27-10(3)23)12(7-26-9(2)22)29-16(13)25-6-5-18-20-17/h12-16H,5-7H2,1-4H3,(H,19,21)/t12-,13-,14-,15-,16+/m1/s1. The first-order valence-corrected chi connectivity index (χ1v) is 8.68. The summed E-state index contributed by atoms with van der Waals surface area (Å²) in [6.45, 7) is 4.27. The van der Waals surface area contributed by atoms with Gasteiger partial charge < -0.3 is 29.0 Å². The number of hydrogen-bond donors (Lipinski definition) is 1. The van der Waals surface area contributed by atoms with Crippen LogP contribution in [0.15, 0.2) is 5.11 Å². The van der Waals surface area contributed by atoms with Gasteiger partial charge in [0.1, 0.15) is 18.8 Å². The Kier molecular flexibility index (Phi) is 9.86. The van der Waals surface area contributed by atoms with Gasteiger partial charge in [-0.2, -0.15) is 0 Å². The molecule has 162 valence electrons. The molecule has 13 heteroatoms. The maximum Gasteiger partial charge on any atom is 0.303 e. The number of azide groups is 1. The number of hydrogen-bond acceptors (Lipinski definition) is 10. The molecule has 0 unspecified atom stereocenters. The second kappa shape index (κ2) is 11.8. The summed E-state index contributed by atoms with van der Waals surface area (Å²) in [6, 6.07) is -1.06. The second-order valence-electron chi connectivity index (χ2n) is 6.05. The molecule has 1 N–H and O–H groups in total. The fourth-order valence-electron chi connectivity index (χ4n) is 2.69. The molecule has 0 saturated carbocycles. The van der Waals surface area contributed by atoms with Crippen LogP contribution in [-0.4, -0.2) is 74.2 Å². The van der Waals surface area contributed by atoms with Crippen LogP contribution in [0.4, 0.5) is 0 Å². The molecule has 1 saturated heterocycles. The lowest BCUT2D eigenvalue weighted by atomic mass is 9.96. The normalized spacial score (nSPS) is 25.9. The van der Waals surface area contributed by atoms with Gasteiger partial charge in [0.25, 0.3) is 0 Å². The molecule has 0 spiro atoms. The van der Waals surface area contributed by atoms with Crippen LogP contribution in [-0.2, 0) is 42.9 Å². The van der Waals surface area contributed by atoms with E-state index in [4.69, 9.17) is 29.2 Å². The number of carbonyl (C=O) groups is 4. The van der Waals surface area contributed by atoms with Crippen molar-refractivity contribution < 1.29 is 42.9 Å². The van der Waals surface area contributed by atoms with E-state index < -0.39 is 54.5 Å². The number of nitrogens with zero attached hydrogens (tertiary/aromatic N) is 3. The van der Waals surface area contributed by atoms with Crippen molar-refractivity contribution in [2.45, 2.75) is 58.3 Å². The van der Waals surface area contributed by atoms with E-state index in [9.17, 15) is 19.2 Å². The number of amides is 1. The lowest BCUT2D eigenvalue weighted by Crippen LogP contribution is -2.66. The predicted octanol–water partition coefficient (Wildman–Crippen LogP) is -0.0306. The number of ether oxygens (including phenoxy) is 5. The van der Waals surface area contributed by atoms with E-state index in [1.54, 1.807) is 0 Å². The molecule has 1 amide bonds. The molecule has 0 aromatic heterocycles. The first kappa shape index (κ1) is 24.1. The summed E-state index contributed by atoms with van der Waals surface area (Å²) in [5.41, 5.74) is 8.36. The van der Waals surface area contributed by atoms with E-state index in [2.05, 4.69) is 15.3 Å². The number of nitrogens with one attached hydrogen (secondary N) is 1. The van der Waals surface area contributed by atoms with Crippen LogP contribution in [0.25, 0.3) is 10.4 Å². The maximum absolute atomic E-state index is 11.7. The first-order chi connectivity index (χ1) is 13.6. The minimum atomic E-state index is -1.20. The summed E-state index contributed by atoms with van der Waals surface area (Å²) in [4.78, 5) is 48.7. The summed E-state index contributed by atoms with van der Waals surface area (Å²) in [5.74, 6) is -2.50. The highest BCUT2D eigenvalue weighted by atomic mass is 16.7. The molecule has 1 fully saturated rings. The Balaban J connectivity index is 3.22. The van der Waals surface area contributed by atoms with Gasteiger partial charge in [0.05, 0.1) is 6.61 Å². The van der Waals surface area contributed by atoms with Gasteiger partial charge in [-0.25, -0.2) is 0 Å².